The minimum Gasteiger partial charge on any atom is -0.385 e. The van der Waals surface area contributed by atoms with Crippen molar-refractivity contribution < 1.29 is 4.79 Å². The van der Waals surface area contributed by atoms with Crippen LogP contribution in [0.4, 0.5) is 5.69 Å². The van der Waals surface area contributed by atoms with E-state index in [1.807, 2.05) is 36.2 Å². The second kappa shape index (κ2) is 7.32. The predicted molar refractivity (Wildman–Crippen MR) is 84.2 cm³/mol. The average molecular weight is 274 g/mol. The van der Waals surface area contributed by atoms with E-state index in [1.165, 1.54) is 25.7 Å². The van der Waals surface area contributed by atoms with Crippen molar-refractivity contribution in [1.29, 1.82) is 0 Å². The number of hydrogen-bond acceptors (Lipinski definition) is 2. The molecule has 0 aromatic heterocycles. The number of nitrogens with zero attached hydrogens (tertiary/aromatic N) is 1. The van der Waals surface area contributed by atoms with Gasteiger partial charge in [-0.1, -0.05) is 25.7 Å². The largest absolute Gasteiger partial charge is 0.385 e. The maximum absolute atomic E-state index is 12.5. The predicted octanol–water partition coefficient (Wildman–Crippen LogP) is 3.91. The third kappa shape index (κ3) is 3.75. The van der Waals surface area contributed by atoms with E-state index in [4.69, 9.17) is 0 Å². The van der Waals surface area contributed by atoms with Gasteiger partial charge in [0.15, 0.2) is 0 Å². The molecule has 0 aliphatic heterocycles. The number of anilines is 1. The molecule has 1 amide bonds. The summed E-state index contributed by atoms with van der Waals surface area (Å²) in [5.41, 5.74) is 1.86. The van der Waals surface area contributed by atoms with E-state index in [2.05, 4.69) is 12.2 Å². The van der Waals surface area contributed by atoms with Crippen LogP contribution in [0, 0.1) is 0 Å². The summed E-state index contributed by atoms with van der Waals surface area (Å²) in [5.74, 6) is 0.153. The first-order chi connectivity index (χ1) is 9.72. The van der Waals surface area contributed by atoms with Gasteiger partial charge in [0, 0.05) is 30.9 Å². The van der Waals surface area contributed by atoms with E-state index in [0.717, 1.165) is 30.6 Å². The smallest absolute Gasteiger partial charge is 0.253 e. The molecule has 1 aliphatic rings. The fourth-order valence-electron chi connectivity index (χ4n) is 2.95. The highest BCUT2D eigenvalue weighted by Crippen LogP contribution is 2.22. The number of carbonyl (C=O) groups is 1. The lowest BCUT2D eigenvalue weighted by molar-refractivity contribution is 0.0718. The van der Waals surface area contributed by atoms with Gasteiger partial charge in [-0.3, -0.25) is 4.79 Å². The van der Waals surface area contributed by atoms with Crippen molar-refractivity contribution in [3.05, 3.63) is 29.8 Å². The molecular weight excluding hydrogens is 248 g/mol. The van der Waals surface area contributed by atoms with Gasteiger partial charge in [0.2, 0.25) is 0 Å². The van der Waals surface area contributed by atoms with E-state index >= 15 is 0 Å². The molecule has 0 saturated heterocycles. The van der Waals surface area contributed by atoms with Crippen molar-refractivity contribution in [2.45, 2.75) is 51.5 Å². The third-order valence-corrected chi connectivity index (χ3v) is 4.21. The molecule has 3 nitrogen and oxygen atoms in total. The highest BCUT2D eigenvalue weighted by Gasteiger charge is 2.21. The van der Waals surface area contributed by atoms with Crippen LogP contribution in [0.1, 0.15) is 55.8 Å². The molecule has 0 spiro atoms. The molecule has 0 bridgehead atoms. The van der Waals surface area contributed by atoms with Gasteiger partial charge < -0.3 is 10.2 Å². The fraction of sp³-hybridized carbons (Fsp3) is 0.588. The summed E-state index contributed by atoms with van der Waals surface area (Å²) in [7, 11) is 1.95. The van der Waals surface area contributed by atoms with Crippen LogP contribution in [0.5, 0.6) is 0 Å². The van der Waals surface area contributed by atoms with Crippen LogP contribution < -0.4 is 5.32 Å². The van der Waals surface area contributed by atoms with Crippen LogP contribution in [-0.4, -0.2) is 30.4 Å². The molecule has 1 fully saturated rings. The average Bonchev–Trinajstić information content (AvgIpc) is 2.76. The van der Waals surface area contributed by atoms with E-state index in [1.54, 1.807) is 0 Å². The molecule has 1 aromatic rings. The maximum Gasteiger partial charge on any atom is 0.253 e. The monoisotopic (exact) mass is 274 g/mol. The van der Waals surface area contributed by atoms with Gasteiger partial charge in [-0.05, 0) is 44.0 Å². The highest BCUT2D eigenvalue weighted by molar-refractivity contribution is 5.94. The van der Waals surface area contributed by atoms with Crippen molar-refractivity contribution >= 4 is 11.6 Å². The molecular formula is C17H26N2O. The molecule has 1 saturated carbocycles. The number of nitrogens with one attached hydrogen (secondary N) is 1. The number of amides is 1. The van der Waals surface area contributed by atoms with Crippen LogP contribution in [0.15, 0.2) is 24.3 Å². The first-order valence-electron chi connectivity index (χ1n) is 7.83. The highest BCUT2D eigenvalue weighted by atomic mass is 16.2. The molecule has 0 heterocycles. The summed E-state index contributed by atoms with van der Waals surface area (Å²) >= 11 is 0. The molecule has 1 N–H and O–H groups in total. The lowest BCUT2D eigenvalue weighted by Gasteiger charge is -2.27. The number of carbonyl (C=O) groups excluding carboxylic acids is 1. The van der Waals surface area contributed by atoms with Crippen LogP contribution in [-0.2, 0) is 0 Å². The molecule has 0 radical (unpaired) electrons. The van der Waals surface area contributed by atoms with Crippen LogP contribution in [0.25, 0.3) is 0 Å². The van der Waals surface area contributed by atoms with Crippen molar-refractivity contribution in [1.82, 2.24) is 4.90 Å². The van der Waals surface area contributed by atoms with Gasteiger partial charge in [0.1, 0.15) is 0 Å². The van der Waals surface area contributed by atoms with Crippen LogP contribution >= 0.6 is 0 Å². The van der Waals surface area contributed by atoms with Gasteiger partial charge in [-0.15, -0.1) is 0 Å². The summed E-state index contributed by atoms with van der Waals surface area (Å²) in [4.78, 5) is 14.5. The van der Waals surface area contributed by atoms with E-state index in [0.29, 0.717) is 6.04 Å². The van der Waals surface area contributed by atoms with Crippen molar-refractivity contribution in [2.24, 2.45) is 0 Å². The molecule has 110 valence electrons. The Morgan fingerprint density at radius 3 is 2.30 bits per heavy atom. The molecule has 2 rings (SSSR count). The van der Waals surface area contributed by atoms with Crippen LogP contribution in [0.2, 0.25) is 0 Å². The van der Waals surface area contributed by atoms with Crippen molar-refractivity contribution in [3.63, 3.8) is 0 Å². The molecule has 0 atom stereocenters. The summed E-state index contributed by atoms with van der Waals surface area (Å²) in [5, 5.41) is 3.25. The van der Waals surface area contributed by atoms with Gasteiger partial charge in [0.25, 0.3) is 5.91 Å². The van der Waals surface area contributed by atoms with Gasteiger partial charge in [-0.2, -0.15) is 0 Å². The quantitative estimate of drug-likeness (QED) is 0.844. The van der Waals surface area contributed by atoms with Gasteiger partial charge >= 0.3 is 0 Å². The summed E-state index contributed by atoms with van der Waals surface area (Å²) in [6, 6.07) is 8.23. The Morgan fingerprint density at radius 2 is 1.75 bits per heavy atom. The fourth-order valence-corrected chi connectivity index (χ4v) is 2.95. The second-order valence-electron chi connectivity index (χ2n) is 5.67. The van der Waals surface area contributed by atoms with E-state index in [9.17, 15) is 4.79 Å². The van der Waals surface area contributed by atoms with Crippen molar-refractivity contribution in [2.75, 3.05) is 18.9 Å². The number of benzene rings is 1. The zero-order chi connectivity index (χ0) is 14.4. The zero-order valence-corrected chi connectivity index (χ0v) is 12.7. The Morgan fingerprint density at radius 1 is 1.15 bits per heavy atom. The minimum absolute atomic E-state index is 0.153. The summed E-state index contributed by atoms with van der Waals surface area (Å²) in [6.45, 7) is 2.97. The minimum atomic E-state index is 0.153. The summed E-state index contributed by atoms with van der Waals surface area (Å²) in [6.07, 6.45) is 7.44. The van der Waals surface area contributed by atoms with E-state index in [-0.39, 0.29) is 5.91 Å². The van der Waals surface area contributed by atoms with Crippen LogP contribution in [0.3, 0.4) is 0 Å². The van der Waals surface area contributed by atoms with E-state index < -0.39 is 0 Å². The Bertz CT molecular complexity index is 419. The van der Waals surface area contributed by atoms with Gasteiger partial charge in [-0.25, -0.2) is 0 Å². The normalized spacial score (nSPS) is 16.5. The molecule has 1 aliphatic carbocycles. The SMILES string of the molecule is CCNc1ccc(C(=O)N(C)C2CCCCCC2)cc1. The lowest BCUT2D eigenvalue weighted by atomic mass is 10.1. The topological polar surface area (TPSA) is 32.3 Å². The Kier molecular flexibility index (Phi) is 5.45. The first-order valence-corrected chi connectivity index (χ1v) is 7.83. The Balaban J connectivity index is 2.01. The maximum atomic E-state index is 12.5. The zero-order valence-electron chi connectivity index (χ0n) is 12.7. The van der Waals surface area contributed by atoms with Crippen molar-refractivity contribution in [3.8, 4) is 0 Å². The third-order valence-electron chi connectivity index (χ3n) is 4.21. The Labute approximate surface area is 122 Å². The molecule has 20 heavy (non-hydrogen) atoms. The van der Waals surface area contributed by atoms with Gasteiger partial charge in [0.05, 0.1) is 0 Å². The summed E-state index contributed by atoms with van der Waals surface area (Å²) < 4.78 is 0. The standard InChI is InChI=1S/C17H26N2O/c1-3-18-15-12-10-14(11-13-15)17(20)19(2)16-8-6-4-5-7-9-16/h10-13,16,18H,3-9H2,1-2H3. The molecule has 1 aromatic carbocycles. The second-order valence-corrected chi connectivity index (χ2v) is 5.67. The Hall–Kier alpha value is -1.51. The number of hydrogen-bond donors (Lipinski definition) is 1. The molecule has 0 unspecified atom stereocenters. The molecule has 3 heteroatoms. The number of rotatable bonds is 4. The lowest BCUT2D eigenvalue weighted by Crippen LogP contribution is -2.36. The first kappa shape index (κ1) is 14.9.